The first-order valence-electron chi connectivity index (χ1n) is 25.9. The van der Waals surface area contributed by atoms with Crippen molar-refractivity contribution >= 4 is 29.8 Å². The Morgan fingerprint density at radius 2 is 1.13 bits per heavy atom. The van der Waals surface area contributed by atoms with Crippen molar-refractivity contribution in [2.45, 2.75) is 172 Å². The standard InChI is InChI=1S/C51H78N4O21/c1-48(2,3)71-34(56)14-15-52-43(58)35(55-47(60)76-49(4,5)6)44(59)53-16-17-61-18-19-62-20-21-63-22-23-64-31-13-11-12-29(24-31)42(57)54-30(25-65-36-32-27-67-45(69-32)40-38(36)72-50(7,8)74-40)26-66-37-33-28-68-46(70-33)41-39(37)73-51(9,10)75-41/h11-13,24,30,32-33,35-41,45-46H,14-23,25-28H2,1-10H3,(H,52,58)(H,53,59)(H,54,57)(H,55,60)/t30?,32?,33?,35?,36-,37+,38+,39-,40-,41+,45+,46-. The molecular weight excluding hydrogens is 1000 g/mol. The van der Waals surface area contributed by atoms with Crippen molar-refractivity contribution in [3.63, 3.8) is 0 Å². The summed E-state index contributed by atoms with van der Waals surface area (Å²) in [5.41, 5.74) is -1.23. The average molecular weight is 1080 g/mol. The number of carbonyl (C=O) groups is 5. The van der Waals surface area contributed by atoms with Crippen LogP contribution in [0.5, 0.6) is 5.75 Å². The number of hydrogen-bond donors (Lipinski definition) is 4. The monoisotopic (exact) mass is 1080 g/mol. The lowest BCUT2D eigenvalue weighted by atomic mass is 10.0. The summed E-state index contributed by atoms with van der Waals surface area (Å²) < 4.78 is 95.0. The fourth-order valence-corrected chi connectivity index (χ4v) is 9.11. The summed E-state index contributed by atoms with van der Waals surface area (Å²) in [7, 11) is 0. The third-order valence-electron chi connectivity index (χ3n) is 12.1. The topological polar surface area (TPSA) is 281 Å². The van der Waals surface area contributed by atoms with Crippen molar-refractivity contribution in [2.24, 2.45) is 0 Å². The number of ether oxygens (including phenoxy) is 16. The van der Waals surface area contributed by atoms with Crippen LogP contribution in [0.3, 0.4) is 0 Å². The Hall–Kier alpha value is -4.35. The van der Waals surface area contributed by atoms with Crippen LogP contribution < -0.4 is 26.0 Å². The molecule has 0 saturated carbocycles. The van der Waals surface area contributed by atoms with E-state index in [2.05, 4.69) is 21.3 Å². The molecule has 12 atom stereocenters. The van der Waals surface area contributed by atoms with E-state index in [0.717, 1.165) is 0 Å². The molecule has 0 spiro atoms. The van der Waals surface area contributed by atoms with Crippen molar-refractivity contribution in [3.05, 3.63) is 29.8 Å². The van der Waals surface area contributed by atoms with Gasteiger partial charge in [-0.3, -0.25) is 19.2 Å². The Bertz CT molecular complexity index is 2060. The minimum atomic E-state index is -1.64. The highest BCUT2D eigenvalue weighted by atomic mass is 16.8. The molecule has 0 aliphatic carbocycles. The quantitative estimate of drug-likeness (QED) is 0.0550. The van der Waals surface area contributed by atoms with E-state index in [-0.39, 0.29) is 84.9 Å². The lowest BCUT2D eigenvalue weighted by Crippen LogP contribution is -2.56. The van der Waals surface area contributed by atoms with Gasteiger partial charge in [-0.15, -0.1) is 0 Å². The smallest absolute Gasteiger partial charge is 0.408 e. The van der Waals surface area contributed by atoms with Crippen LogP contribution in [0.1, 0.15) is 86.0 Å². The van der Waals surface area contributed by atoms with Gasteiger partial charge in [-0.05, 0) is 87.4 Å². The van der Waals surface area contributed by atoms with E-state index in [1.807, 2.05) is 27.7 Å². The van der Waals surface area contributed by atoms with Crippen LogP contribution in [0.2, 0.25) is 0 Å². The van der Waals surface area contributed by atoms with Gasteiger partial charge in [0.15, 0.2) is 30.2 Å². The third-order valence-corrected chi connectivity index (χ3v) is 12.1. The van der Waals surface area contributed by atoms with Gasteiger partial charge in [0, 0.05) is 18.7 Å². The Kier molecular flexibility index (Phi) is 20.3. The molecule has 4 N–H and O–H groups in total. The second-order valence-corrected chi connectivity index (χ2v) is 21.9. The average Bonchev–Trinajstić information content (AvgIpc) is 4.16. The molecule has 6 heterocycles. The summed E-state index contributed by atoms with van der Waals surface area (Å²) in [4.78, 5) is 64.3. The van der Waals surface area contributed by atoms with Gasteiger partial charge in [0.1, 0.15) is 72.4 Å². The molecule has 4 unspecified atom stereocenters. The van der Waals surface area contributed by atoms with E-state index in [1.54, 1.807) is 65.8 Å². The highest BCUT2D eigenvalue weighted by Gasteiger charge is 2.61. The number of carbonyl (C=O) groups excluding carboxylic acids is 5. The van der Waals surface area contributed by atoms with Crippen LogP contribution in [0.4, 0.5) is 4.79 Å². The van der Waals surface area contributed by atoms with Gasteiger partial charge in [-0.1, -0.05) is 6.07 Å². The predicted octanol–water partition coefficient (Wildman–Crippen LogP) is 1.39. The maximum absolute atomic E-state index is 13.9. The molecule has 1 aromatic rings. The van der Waals surface area contributed by atoms with E-state index < -0.39 is 120 Å². The number of hydrogen-bond acceptors (Lipinski definition) is 21. The Morgan fingerprint density at radius 3 is 1.67 bits per heavy atom. The van der Waals surface area contributed by atoms with Crippen LogP contribution in [0, 0.1) is 0 Å². The molecule has 25 heteroatoms. The largest absolute Gasteiger partial charge is 0.491 e. The first kappa shape index (κ1) is 59.3. The second kappa shape index (κ2) is 26.1. The van der Waals surface area contributed by atoms with E-state index >= 15 is 0 Å². The van der Waals surface area contributed by atoms with Crippen LogP contribution in [0.25, 0.3) is 0 Å². The molecule has 428 valence electrons. The summed E-state index contributed by atoms with van der Waals surface area (Å²) in [6.45, 7) is 19.6. The fourth-order valence-electron chi connectivity index (χ4n) is 9.11. The number of benzene rings is 1. The number of esters is 1. The number of alkyl carbamates (subject to hydrolysis) is 1. The Morgan fingerprint density at radius 1 is 0.632 bits per heavy atom. The molecule has 4 amide bonds. The van der Waals surface area contributed by atoms with Gasteiger partial charge in [0.2, 0.25) is 0 Å². The van der Waals surface area contributed by atoms with E-state index in [9.17, 15) is 24.0 Å². The summed E-state index contributed by atoms with van der Waals surface area (Å²) in [5.74, 6) is -3.81. The molecule has 6 fully saturated rings. The van der Waals surface area contributed by atoms with Gasteiger partial charge in [0.05, 0.1) is 78.5 Å². The van der Waals surface area contributed by atoms with Crippen molar-refractivity contribution in [1.82, 2.24) is 21.3 Å². The predicted molar refractivity (Wildman–Crippen MR) is 262 cm³/mol. The summed E-state index contributed by atoms with van der Waals surface area (Å²) in [6, 6.07) is 4.49. The molecule has 1 aromatic carbocycles. The summed E-state index contributed by atoms with van der Waals surface area (Å²) in [6.07, 6.45) is -5.97. The molecule has 25 nitrogen and oxygen atoms in total. The highest BCUT2D eigenvalue weighted by molar-refractivity contribution is 6.06. The summed E-state index contributed by atoms with van der Waals surface area (Å²) in [5, 5.41) is 10.4. The molecule has 6 aliphatic rings. The number of amides is 4. The minimum Gasteiger partial charge on any atom is -0.491 e. The van der Waals surface area contributed by atoms with Gasteiger partial charge in [-0.25, -0.2) is 4.79 Å². The van der Waals surface area contributed by atoms with Crippen molar-refractivity contribution < 1.29 is 99.8 Å². The van der Waals surface area contributed by atoms with Gasteiger partial charge in [0.25, 0.3) is 17.7 Å². The van der Waals surface area contributed by atoms with Crippen LogP contribution in [-0.2, 0) is 85.4 Å². The molecular formula is C51H78N4O21. The third kappa shape index (κ3) is 17.3. The number of rotatable bonds is 27. The Balaban J connectivity index is 0.798. The van der Waals surface area contributed by atoms with Crippen LogP contribution in [0.15, 0.2) is 24.3 Å². The zero-order valence-electron chi connectivity index (χ0n) is 45.2. The normalized spacial score (nSPS) is 28.6. The first-order chi connectivity index (χ1) is 35.9. The zero-order valence-corrected chi connectivity index (χ0v) is 45.2. The maximum Gasteiger partial charge on any atom is 0.408 e. The lowest BCUT2D eigenvalue weighted by molar-refractivity contribution is -0.213. The van der Waals surface area contributed by atoms with Crippen molar-refractivity contribution in [3.8, 4) is 5.75 Å². The van der Waals surface area contributed by atoms with Crippen molar-refractivity contribution in [1.29, 1.82) is 0 Å². The number of nitrogens with one attached hydrogen (secondary N) is 4. The fraction of sp³-hybridized carbons (Fsp3) is 0.784. The molecule has 76 heavy (non-hydrogen) atoms. The molecule has 0 aromatic heterocycles. The van der Waals surface area contributed by atoms with Gasteiger partial charge >= 0.3 is 12.1 Å². The second-order valence-electron chi connectivity index (χ2n) is 21.9. The molecule has 0 radical (unpaired) electrons. The van der Waals surface area contributed by atoms with Gasteiger partial charge in [-0.2, -0.15) is 0 Å². The van der Waals surface area contributed by atoms with E-state index in [0.29, 0.717) is 24.5 Å². The van der Waals surface area contributed by atoms with Crippen LogP contribution in [-0.4, -0.2) is 212 Å². The summed E-state index contributed by atoms with van der Waals surface area (Å²) >= 11 is 0. The Labute approximate surface area is 443 Å². The highest BCUT2D eigenvalue weighted by Crippen LogP contribution is 2.43. The van der Waals surface area contributed by atoms with Gasteiger partial charge < -0.3 is 97.1 Å². The molecule has 6 saturated heterocycles. The molecule has 7 rings (SSSR count). The van der Waals surface area contributed by atoms with E-state index in [1.165, 1.54) is 0 Å². The first-order valence-corrected chi connectivity index (χ1v) is 25.9. The number of fused-ring (bicyclic) bond motifs is 8. The lowest BCUT2D eigenvalue weighted by Gasteiger charge is -2.37. The SMILES string of the molecule is CC(C)(C)OC(=O)CCNC(=O)C(NC(=O)OC(C)(C)C)C(=O)NCCOCCOCCOCCOc1cccc(C(=O)NC(CO[C@@H]2C3CO[C@@H](O3)[C@@H]3OC(C)(C)O[C@H]32)CO[C@H]2C3CO[C@H](O3)[C@H]3OC(C)(C)O[C@@H]32)c1. The minimum absolute atomic E-state index is 0.0252. The van der Waals surface area contributed by atoms with E-state index in [4.69, 9.17) is 75.8 Å². The zero-order chi connectivity index (χ0) is 54.8. The van der Waals surface area contributed by atoms with Crippen molar-refractivity contribution in [2.75, 3.05) is 85.8 Å². The van der Waals surface area contributed by atoms with Crippen LogP contribution >= 0.6 is 0 Å². The molecule has 4 bridgehead atoms. The maximum atomic E-state index is 13.9. The molecule has 6 aliphatic heterocycles.